The van der Waals surface area contributed by atoms with E-state index in [-0.39, 0.29) is 5.56 Å². The first-order valence-electron chi connectivity index (χ1n) is 7.06. The normalized spacial score (nSPS) is 15.4. The van der Waals surface area contributed by atoms with E-state index in [0.29, 0.717) is 9.87 Å². The van der Waals surface area contributed by atoms with Crippen LogP contribution in [0, 0.1) is 24.6 Å². The third kappa shape index (κ3) is 3.25. The van der Waals surface area contributed by atoms with Crippen molar-refractivity contribution in [1.82, 2.24) is 9.71 Å². The number of phenols is 1. The molecule has 1 aromatic carbocycles. The first-order valence-corrected chi connectivity index (χ1v) is 8.50. The quantitative estimate of drug-likeness (QED) is 0.733. The summed E-state index contributed by atoms with van der Waals surface area (Å²) in [6, 6.07) is 4.10. The van der Waals surface area contributed by atoms with E-state index in [1.54, 1.807) is 17.0 Å². The molecule has 1 fully saturated rings. The van der Waals surface area contributed by atoms with E-state index in [0.717, 1.165) is 11.6 Å². The molecule has 1 aliphatic rings. The number of aromatic hydroxyl groups is 1. The molecule has 0 bridgehead atoms. The number of amides is 1. The summed E-state index contributed by atoms with van der Waals surface area (Å²) < 4.78 is 40.7. The second-order valence-corrected chi connectivity index (χ2v) is 6.93. The van der Waals surface area contributed by atoms with E-state index in [9.17, 15) is 22.7 Å². The lowest BCUT2D eigenvalue weighted by atomic mass is 10.1. The van der Waals surface area contributed by atoms with Crippen molar-refractivity contribution in [3.8, 4) is 17.6 Å². The van der Waals surface area contributed by atoms with E-state index in [2.05, 4.69) is 16.8 Å². The number of aromatic nitrogens is 1. The molecule has 9 heteroatoms. The molecule has 0 radical (unpaired) electrons. The van der Waals surface area contributed by atoms with Gasteiger partial charge in [0, 0.05) is 18.0 Å². The Kier molecular flexibility index (Phi) is 4.06. The van der Waals surface area contributed by atoms with Crippen molar-refractivity contribution in [1.29, 1.82) is 0 Å². The highest BCUT2D eigenvalue weighted by molar-refractivity contribution is 7.92. The standard InChI is InChI=1S/C16H12FN3O4S/c1-10-6-11(8-18-7-10)2-3-12-4-5-13(21)16(15(12)17)20-9-14(22)19-25(20,23)24/h4-8,21H,9H2,1H3,(H,19,22). The number of pyridine rings is 1. The molecule has 1 amide bonds. The van der Waals surface area contributed by atoms with Gasteiger partial charge in [-0.3, -0.25) is 9.78 Å². The van der Waals surface area contributed by atoms with Crippen molar-refractivity contribution < 1.29 is 22.7 Å². The van der Waals surface area contributed by atoms with Crippen molar-refractivity contribution >= 4 is 21.8 Å². The number of halogens is 1. The van der Waals surface area contributed by atoms with Crippen LogP contribution in [-0.2, 0) is 15.0 Å². The van der Waals surface area contributed by atoms with Gasteiger partial charge in [0.05, 0.1) is 5.56 Å². The maximum Gasteiger partial charge on any atom is 0.326 e. The van der Waals surface area contributed by atoms with Gasteiger partial charge < -0.3 is 5.11 Å². The lowest BCUT2D eigenvalue weighted by Crippen LogP contribution is -2.30. The number of nitrogens with one attached hydrogen (secondary N) is 1. The van der Waals surface area contributed by atoms with Crippen LogP contribution >= 0.6 is 0 Å². The molecule has 0 unspecified atom stereocenters. The minimum Gasteiger partial charge on any atom is -0.506 e. The molecule has 1 saturated heterocycles. The van der Waals surface area contributed by atoms with Crippen LogP contribution in [0.1, 0.15) is 16.7 Å². The number of anilines is 1. The van der Waals surface area contributed by atoms with Crippen LogP contribution in [0.5, 0.6) is 5.75 Å². The first-order chi connectivity index (χ1) is 11.8. The molecule has 3 rings (SSSR count). The lowest BCUT2D eigenvalue weighted by molar-refractivity contribution is -0.117. The van der Waals surface area contributed by atoms with E-state index >= 15 is 0 Å². The highest BCUT2D eigenvalue weighted by Crippen LogP contribution is 2.34. The number of nitrogens with zero attached hydrogens (tertiary/aromatic N) is 2. The van der Waals surface area contributed by atoms with Crippen LogP contribution in [0.2, 0.25) is 0 Å². The number of benzene rings is 1. The molecule has 1 aliphatic heterocycles. The molecular formula is C16H12FN3O4S. The monoisotopic (exact) mass is 361 g/mol. The molecule has 25 heavy (non-hydrogen) atoms. The van der Waals surface area contributed by atoms with Crippen LogP contribution in [-0.4, -0.2) is 31.0 Å². The van der Waals surface area contributed by atoms with Gasteiger partial charge in [-0.15, -0.1) is 0 Å². The molecule has 1 aromatic heterocycles. The third-order valence-electron chi connectivity index (χ3n) is 3.38. The number of rotatable bonds is 1. The van der Waals surface area contributed by atoms with Gasteiger partial charge in [0.1, 0.15) is 18.0 Å². The SMILES string of the molecule is Cc1cncc(C#Cc2ccc(O)c(N3CC(=O)NS3(=O)=O)c2F)c1. The zero-order valence-corrected chi connectivity index (χ0v) is 13.8. The van der Waals surface area contributed by atoms with Crippen molar-refractivity contribution in [3.63, 3.8) is 0 Å². The lowest BCUT2D eigenvalue weighted by Gasteiger charge is -2.17. The average Bonchev–Trinajstić information content (AvgIpc) is 2.79. The van der Waals surface area contributed by atoms with E-state index in [1.165, 1.54) is 12.3 Å². The Morgan fingerprint density at radius 1 is 1.32 bits per heavy atom. The van der Waals surface area contributed by atoms with E-state index < -0.39 is 39.9 Å². The van der Waals surface area contributed by atoms with E-state index in [1.807, 2.05) is 6.92 Å². The Morgan fingerprint density at radius 3 is 2.72 bits per heavy atom. The Bertz CT molecular complexity index is 1040. The van der Waals surface area contributed by atoms with Gasteiger partial charge in [-0.05, 0) is 30.7 Å². The smallest absolute Gasteiger partial charge is 0.326 e. The predicted molar refractivity (Wildman–Crippen MR) is 87.4 cm³/mol. The molecule has 7 nitrogen and oxygen atoms in total. The largest absolute Gasteiger partial charge is 0.506 e. The van der Waals surface area contributed by atoms with Gasteiger partial charge in [-0.1, -0.05) is 11.8 Å². The third-order valence-corrected chi connectivity index (χ3v) is 4.76. The summed E-state index contributed by atoms with van der Waals surface area (Å²) in [6.07, 6.45) is 3.15. The Morgan fingerprint density at radius 2 is 2.08 bits per heavy atom. The predicted octanol–water partition coefficient (Wildman–Crippen LogP) is 0.816. The minimum absolute atomic E-state index is 0.121. The van der Waals surface area contributed by atoms with Gasteiger partial charge in [0.2, 0.25) is 0 Å². The fraction of sp³-hybridized carbons (Fsp3) is 0.125. The van der Waals surface area contributed by atoms with Crippen LogP contribution in [0.4, 0.5) is 10.1 Å². The number of aryl methyl sites for hydroxylation is 1. The first kappa shape index (κ1) is 16.7. The summed E-state index contributed by atoms with van der Waals surface area (Å²) >= 11 is 0. The molecule has 0 atom stereocenters. The van der Waals surface area contributed by atoms with E-state index in [4.69, 9.17) is 0 Å². The minimum atomic E-state index is -4.25. The number of carbonyl (C=O) groups excluding carboxylic acids is 1. The van der Waals surface area contributed by atoms with Crippen molar-refractivity contribution in [2.45, 2.75) is 6.92 Å². The van der Waals surface area contributed by atoms with Crippen molar-refractivity contribution in [3.05, 3.63) is 53.1 Å². The molecule has 2 heterocycles. The average molecular weight is 361 g/mol. The summed E-state index contributed by atoms with van der Waals surface area (Å²) in [6.45, 7) is 1.21. The number of carbonyl (C=O) groups is 1. The zero-order chi connectivity index (χ0) is 18.2. The number of hydrogen-bond donors (Lipinski definition) is 2. The fourth-order valence-corrected chi connectivity index (χ4v) is 3.46. The molecule has 2 N–H and O–H groups in total. The Hall–Kier alpha value is -3.12. The summed E-state index contributed by atoms with van der Waals surface area (Å²) in [5.74, 6) is 2.84. The second kappa shape index (κ2) is 6.07. The van der Waals surface area contributed by atoms with Crippen LogP contribution < -0.4 is 9.03 Å². The highest BCUT2D eigenvalue weighted by atomic mass is 32.2. The molecular weight excluding hydrogens is 349 g/mol. The van der Waals surface area contributed by atoms with Crippen LogP contribution in [0.15, 0.2) is 30.6 Å². The molecule has 128 valence electrons. The summed E-state index contributed by atoms with van der Waals surface area (Å²) in [5.41, 5.74) is 0.697. The Balaban J connectivity index is 2.06. The second-order valence-electron chi connectivity index (χ2n) is 5.33. The molecule has 0 spiro atoms. The van der Waals surface area contributed by atoms with Gasteiger partial charge in [0.15, 0.2) is 5.82 Å². The fourth-order valence-electron chi connectivity index (χ4n) is 2.30. The molecule has 0 saturated carbocycles. The summed E-state index contributed by atoms with van der Waals surface area (Å²) in [7, 11) is -4.25. The number of phenolic OH excluding ortho intramolecular Hbond substituents is 1. The summed E-state index contributed by atoms with van der Waals surface area (Å²) in [4.78, 5) is 15.3. The summed E-state index contributed by atoms with van der Waals surface area (Å²) in [5, 5.41) is 9.87. The van der Waals surface area contributed by atoms with Crippen molar-refractivity contribution in [2.75, 3.05) is 10.8 Å². The van der Waals surface area contributed by atoms with Crippen molar-refractivity contribution in [2.24, 2.45) is 0 Å². The van der Waals surface area contributed by atoms with Crippen LogP contribution in [0.25, 0.3) is 0 Å². The van der Waals surface area contributed by atoms with Gasteiger partial charge in [-0.25, -0.2) is 13.4 Å². The van der Waals surface area contributed by atoms with Gasteiger partial charge in [-0.2, -0.15) is 8.42 Å². The molecule has 0 aliphatic carbocycles. The number of hydrogen-bond acceptors (Lipinski definition) is 5. The Labute approximate surface area is 143 Å². The molecule has 2 aromatic rings. The maximum atomic E-state index is 14.7. The topological polar surface area (TPSA) is 99.6 Å². The van der Waals surface area contributed by atoms with Crippen LogP contribution in [0.3, 0.4) is 0 Å². The zero-order valence-electron chi connectivity index (χ0n) is 12.9. The van der Waals surface area contributed by atoms with Gasteiger partial charge >= 0.3 is 10.2 Å². The maximum absolute atomic E-state index is 14.7. The van der Waals surface area contributed by atoms with Gasteiger partial charge in [0.25, 0.3) is 5.91 Å². The highest BCUT2D eigenvalue weighted by Gasteiger charge is 2.37.